The van der Waals surface area contributed by atoms with E-state index < -0.39 is 0 Å². The van der Waals surface area contributed by atoms with Gasteiger partial charge in [-0.2, -0.15) is 0 Å². The number of benzene rings is 1. The normalized spacial score (nSPS) is 19.2. The molecule has 0 saturated carbocycles. The van der Waals surface area contributed by atoms with Crippen molar-refractivity contribution in [3.05, 3.63) is 42.4 Å². The number of aliphatic hydroxyl groups is 1. The molecule has 5 heteroatoms. The lowest BCUT2D eigenvalue weighted by atomic mass is 10.0. The molecule has 1 unspecified atom stereocenters. The second-order valence-electron chi connectivity index (χ2n) is 5.74. The molecule has 2 N–H and O–H groups in total. The molecule has 1 aromatic carbocycles. The Kier molecular flexibility index (Phi) is 4.65. The van der Waals surface area contributed by atoms with Crippen molar-refractivity contribution in [1.29, 1.82) is 0 Å². The number of hydrogen-bond donors (Lipinski definition) is 2. The summed E-state index contributed by atoms with van der Waals surface area (Å²) in [5, 5.41) is 19.7. The number of nitrogens with zero attached hydrogens (tertiary/aromatic N) is 3. The minimum absolute atomic E-state index is 0.171. The van der Waals surface area contributed by atoms with Gasteiger partial charge >= 0.3 is 0 Å². The van der Waals surface area contributed by atoms with E-state index in [4.69, 9.17) is 0 Å². The van der Waals surface area contributed by atoms with Crippen LogP contribution in [0.15, 0.2) is 36.8 Å². The zero-order valence-corrected chi connectivity index (χ0v) is 12.5. The minimum Gasteiger partial charge on any atom is -0.508 e. The first-order chi connectivity index (χ1) is 10.8. The number of aromatic nitrogens is 2. The van der Waals surface area contributed by atoms with Gasteiger partial charge < -0.3 is 10.2 Å². The molecule has 1 aromatic heterocycles. The predicted molar refractivity (Wildman–Crippen MR) is 84.3 cm³/mol. The first-order valence-electron chi connectivity index (χ1n) is 7.71. The van der Waals surface area contributed by atoms with E-state index in [0.717, 1.165) is 42.6 Å². The van der Waals surface area contributed by atoms with E-state index in [1.165, 1.54) is 0 Å². The predicted octanol–water partition coefficient (Wildman–Crippen LogP) is 2.20. The highest BCUT2D eigenvalue weighted by atomic mass is 16.3. The van der Waals surface area contributed by atoms with E-state index in [1.807, 2.05) is 12.1 Å². The average Bonchev–Trinajstić information content (AvgIpc) is 2.58. The van der Waals surface area contributed by atoms with Crippen molar-refractivity contribution in [2.24, 2.45) is 0 Å². The molecule has 0 bridgehead atoms. The molecule has 1 aliphatic rings. The highest BCUT2D eigenvalue weighted by Crippen LogP contribution is 2.27. The molecule has 1 atom stereocenters. The molecule has 5 nitrogen and oxygen atoms in total. The smallest absolute Gasteiger partial charge is 0.120 e. The molecule has 2 heterocycles. The van der Waals surface area contributed by atoms with Crippen molar-refractivity contribution in [2.75, 3.05) is 13.2 Å². The van der Waals surface area contributed by atoms with Crippen molar-refractivity contribution in [3.8, 4) is 17.0 Å². The number of phenolic OH excluding ortho intramolecular Hbond substituents is 1. The third-order valence-corrected chi connectivity index (χ3v) is 4.27. The number of aliphatic hydroxyl groups excluding tert-OH is 1. The monoisotopic (exact) mass is 299 g/mol. The van der Waals surface area contributed by atoms with Gasteiger partial charge in [0, 0.05) is 36.1 Å². The maximum atomic E-state index is 10.1. The van der Waals surface area contributed by atoms with Crippen LogP contribution in [0.2, 0.25) is 0 Å². The molecule has 116 valence electrons. The standard InChI is InChI=1S/C17H21N3O2/c21-12-15-3-1-2-8-20(15)11-14-9-13(4-5-17(14)22)16-10-18-6-7-19-16/h4-7,9-10,15,21-22H,1-3,8,11-12H2. The number of aromatic hydroxyl groups is 1. The van der Waals surface area contributed by atoms with Crippen LogP contribution in [0.1, 0.15) is 24.8 Å². The fraction of sp³-hybridized carbons (Fsp3) is 0.412. The Hall–Kier alpha value is -1.98. The van der Waals surface area contributed by atoms with Crippen molar-refractivity contribution in [1.82, 2.24) is 14.9 Å². The maximum Gasteiger partial charge on any atom is 0.120 e. The summed E-state index contributed by atoms with van der Waals surface area (Å²) in [5.74, 6) is 0.287. The first kappa shape index (κ1) is 14.9. The second kappa shape index (κ2) is 6.85. The van der Waals surface area contributed by atoms with Gasteiger partial charge in [-0.25, -0.2) is 0 Å². The zero-order chi connectivity index (χ0) is 15.4. The molecular formula is C17H21N3O2. The Morgan fingerprint density at radius 2 is 2.14 bits per heavy atom. The summed E-state index contributed by atoms with van der Waals surface area (Å²) < 4.78 is 0. The van der Waals surface area contributed by atoms with Gasteiger partial charge in [-0.15, -0.1) is 0 Å². The van der Waals surface area contributed by atoms with Crippen molar-refractivity contribution in [3.63, 3.8) is 0 Å². The van der Waals surface area contributed by atoms with Gasteiger partial charge in [0.2, 0.25) is 0 Å². The average molecular weight is 299 g/mol. The van der Waals surface area contributed by atoms with Crippen LogP contribution in [-0.4, -0.2) is 44.3 Å². The summed E-state index contributed by atoms with van der Waals surface area (Å²) in [4.78, 5) is 10.6. The lowest BCUT2D eigenvalue weighted by Gasteiger charge is -2.34. The fourth-order valence-electron chi connectivity index (χ4n) is 3.01. The Bertz CT molecular complexity index is 619. The molecule has 22 heavy (non-hydrogen) atoms. The quantitative estimate of drug-likeness (QED) is 0.905. The van der Waals surface area contributed by atoms with Crippen LogP contribution in [0.4, 0.5) is 0 Å². The SMILES string of the molecule is OCC1CCCCN1Cc1cc(-c2cnccn2)ccc1O. The molecule has 3 rings (SSSR count). The lowest BCUT2D eigenvalue weighted by molar-refractivity contribution is 0.0835. The van der Waals surface area contributed by atoms with Gasteiger partial charge in [-0.1, -0.05) is 6.42 Å². The topological polar surface area (TPSA) is 69.5 Å². The number of phenols is 1. The van der Waals surface area contributed by atoms with E-state index in [0.29, 0.717) is 6.54 Å². The fourth-order valence-corrected chi connectivity index (χ4v) is 3.01. The number of hydrogen-bond acceptors (Lipinski definition) is 5. The van der Waals surface area contributed by atoms with E-state index in [-0.39, 0.29) is 18.4 Å². The second-order valence-corrected chi connectivity index (χ2v) is 5.74. The molecular weight excluding hydrogens is 278 g/mol. The third kappa shape index (κ3) is 3.26. The van der Waals surface area contributed by atoms with Crippen molar-refractivity contribution < 1.29 is 10.2 Å². The molecule has 1 fully saturated rings. The van der Waals surface area contributed by atoms with E-state index in [2.05, 4.69) is 14.9 Å². The summed E-state index contributed by atoms with van der Waals surface area (Å²) in [5.41, 5.74) is 2.60. The Labute approximate surface area is 130 Å². The molecule has 0 amide bonds. The molecule has 1 aliphatic heterocycles. The van der Waals surface area contributed by atoms with Crippen LogP contribution in [0, 0.1) is 0 Å². The van der Waals surface area contributed by atoms with Crippen molar-refractivity contribution in [2.45, 2.75) is 31.8 Å². The molecule has 2 aromatic rings. The summed E-state index contributed by atoms with van der Waals surface area (Å²) in [7, 11) is 0. The van der Waals surface area contributed by atoms with Gasteiger partial charge in [-0.3, -0.25) is 14.9 Å². The minimum atomic E-state index is 0.171. The largest absolute Gasteiger partial charge is 0.508 e. The molecule has 0 radical (unpaired) electrons. The first-order valence-corrected chi connectivity index (χ1v) is 7.71. The summed E-state index contributed by atoms with van der Waals surface area (Å²) in [6.07, 6.45) is 8.34. The van der Waals surface area contributed by atoms with Gasteiger partial charge in [0.25, 0.3) is 0 Å². The van der Waals surface area contributed by atoms with Crippen LogP contribution >= 0.6 is 0 Å². The number of piperidine rings is 1. The Morgan fingerprint density at radius 3 is 2.91 bits per heavy atom. The summed E-state index contributed by atoms with van der Waals surface area (Å²) in [6, 6.07) is 5.70. The van der Waals surface area contributed by atoms with Crippen molar-refractivity contribution >= 4 is 0 Å². The molecule has 0 aliphatic carbocycles. The number of rotatable bonds is 4. The van der Waals surface area contributed by atoms with Crippen LogP contribution in [-0.2, 0) is 6.54 Å². The third-order valence-electron chi connectivity index (χ3n) is 4.27. The van der Waals surface area contributed by atoms with Crippen LogP contribution in [0.3, 0.4) is 0 Å². The molecule has 1 saturated heterocycles. The Morgan fingerprint density at radius 1 is 1.23 bits per heavy atom. The van der Waals surface area contributed by atoms with E-state index in [9.17, 15) is 10.2 Å². The highest BCUT2D eigenvalue weighted by Gasteiger charge is 2.22. The van der Waals surface area contributed by atoms with Gasteiger partial charge in [0.05, 0.1) is 18.5 Å². The lowest BCUT2D eigenvalue weighted by Crippen LogP contribution is -2.41. The van der Waals surface area contributed by atoms with Gasteiger partial charge in [0.15, 0.2) is 0 Å². The van der Waals surface area contributed by atoms with Gasteiger partial charge in [0.1, 0.15) is 5.75 Å². The van der Waals surface area contributed by atoms with E-state index in [1.54, 1.807) is 24.7 Å². The maximum absolute atomic E-state index is 10.1. The summed E-state index contributed by atoms with van der Waals surface area (Å²) >= 11 is 0. The van der Waals surface area contributed by atoms with E-state index >= 15 is 0 Å². The van der Waals surface area contributed by atoms with Crippen LogP contribution < -0.4 is 0 Å². The van der Waals surface area contributed by atoms with Crippen LogP contribution in [0.25, 0.3) is 11.3 Å². The highest BCUT2D eigenvalue weighted by molar-refractivity contribution is 5.60. The summed E-state index contributed by atoms with van der Waals surface area (Å²) in [6.45, 7) is 1.77. The Balaban J connectivity index is 1.84. The molecule has 0 spiro atoms. The van der Waals surface area contributed by atoms with Crippen LogP contribution in [0.5, 0.6) is 5.75 Å². The van der Waals surface area contributed by atoms with Gasteiger partial charge in [-0.05, 0) is 37.6 Å². The number of likely N-dealkylation sites (tertiary alicyclic amines) is 1. The zero-order valence-electron chi connectivity index (χ0n) is 12.5.